The molecule has 0 saturated carbocycles. The zero-order valence-corrected chi connectivity index (χ0v) is 30.4. The van der Waals surface area contributed by atoms with Crippen molar-refractivity contribution in [2.24, 2.45) is 5.92 Å². The zero-order valence-electron chi connectivity index (χ0n) is 30.4. The number of aromatic nitrogens is 2. The molecule has 0 spiro atoms. The largest absolute Gasteiger partial charge is 0.468 e. The van der Waals surface area contributed by atoms with Crippen LogP contribution >= 0.6 is 0 Å². The van der Waals surface area contributed by atoms with Crippen molar-refractivity contribution in [3.8, 4) is 17.1 Å². The molecule has 0 bridgehead atoms. The van der Waals surface area contributed by atoms with Crippen LogP contribution in [0.5, 0.6) is 5.75 Å². The first-order valence-corrected chi connectivity index (χ1v) is 18.2. The Morgan fingerprint density at radius 3 is 2.60 bits per heavy atom. The molecule has 11 heteroatoms. The summed E-state index contributed by atoms with van der Waals surface area (Å²) in [7, 11) is 1.57. The Morgan fingerprint density at radius 1 is 1.04 bits per heavy atom. The molecule has 2 aliphatic rings. The second kappa shape index (κ2) is 16.5. The number of carbonyl (C=O) groups excluding carboxylic acids is 3. The summed E-state index contributed by atoms with van der Waals surface area (Å²) in [4.78, 5) is 57.5. The quantitative estimate of drug-likeness (QED) is 0.0683. The van der Waals surface area contributed by atoms with E-state index >= 15 is 0 Å². The maximum Gasteiger partial charge on any atom is 0.352 e. The Hall–Kier alpha value is -5.03. The molecule has 11 nitrogen and oxygen atoms in total. The summed E-state index contributed by atoms with van der Waals surface area (Å²) in [5.74, 6) is -0.455. The number of aryl methyl sites for hydroxylation is 2. The van der Waals surface area contributed by atoms with E-state index in [0.717, 1.165) is 59.7 Å². The second-order valence-corrected chi connectivity index (χ2v) is 13.7. The minimum Gasteiger partial charge on any atom is -0.468 e. The number of hydrogen-bond acceptors (Lipinski definition) is 9. The van der Waals surface area contributed by atoms with Crippen LogP contribution in [0.15, 0.2) is 53.3 Å². The number of fused-ring (bicyclic) bond motifs is 5. The molecule has 4 aromatic rings. The Morgan fingerprint density at radius 2 is 1.85 bits per heavy atom. The summed E-state index contributed by atoms with van der Waals surface area (Å²) in [5, 5.41) is 3.92. The van der Waals surface area contributed by atoms with Crippen molar-refractivity contribution in [2.45, 2.75) is 97.9 Å². The van der Waals surface area contributed by atoms with E-state index in [0.29, 0.717) is 54.2 Å². The van der Waals surface area contributed by atoms with Crippen LogP contribution < -0.4 is 15.6 Å². The number of rotatable bonds is 16. The highest BCUT2D eigenvalue weighted by atomic mass is 16.7. The molecule has 0 radical (unpaired) electrons. The van der Waals surface area contributed by atoms with Gasteiger partial charge in [0.1, 0.15) is 12.4 Å². The number of cyclic esters (lactones) is 1. The lowest BCUT2D eigenvalue weighted by molar-refractivity contribution is -0.172. The van der Waals surface area contributed by atoms with Gasteiger partial charge in [0.2, 0.25) is 12.0 Å². The van der Waals surface area contributed by atoms with Gasteiger partial charge in [-0.3, -0.25) is 14.4 Å². The predicted octanol–water partition coefficient (Wildman–Crippen LogP) is 6.60. The SMILES string of the molecule is CCc1c2c(nc3ccc(OCOC)cc13)-c1cc3c(c(=O)n1C2)COC(=O)C3OC(=O)CC(CC)CCCCCC(=O)NCc1ccc(C)cc1. The highest BCUT2D eigenvalue weighted by Crippen LogP contribution is 2.39. The number of nitrogens with one attached hydrogen (secondary N) is 1. The molecule has 2 atom stereocenters. The van der Waals surface area contributed by atoms with Gasteiger partial charge in [-0.1, -0.05) is 62.9 Å². The molecule has 0 fully saturated rings. The van der Waals surface area contributed by atoms with E-state index in [4.69, 9.17) is 23.9 Å². The molecule has 1 amide bonds. The zero-order chi connectivity index (χ0) is 36.8. The van der Waals surface area contributed by atoms with Crippen LogP contribution in [0, 0.1) is 12.8 Å². The number of esters is 2. The van der Waals surface area contributed by atoms with Crippen molar-refractivity contribution in [3.05, 3.63) is 92.3 Å². The second-order valence-electron chi connectivity index (χ2n) is 13.7. The molecule has 0 saturated heterocycles. The van der Waals surface area contributed by atoms with Gasteiger partial charge in [-0.25, -0.2) is 9.78 Å². The average molecular weight is 710 g/mol. The standard InChI is InChI=1S/C41H47N3O8/c1-5-26(10-8-7-9-11-36(45)42-21-27-14-12-25(3)13-15-27)18-37(46)52-39-31-20-35-38-32(22-44(35)40(47)33(31)23-50-41(39)48)29(6-2)30-19-28(51-24-49-4)16-17-34(30)43-38/h12-17,19-20,26,39H,5-11,18,21-24H2,1-4H3,(H,42,45). The van der Waals surface area contributed by atoms with Gasteiger partial charge in [0.25, 0.3) is 5.56 Å². The van der Waals surface area contributed by atoms with E-state index in [-0.39, 0.29) is 37.2 Å². The van der Waals surface area contributed by atoms with Crippen LogP contribution in [-0.4, -0.2) is 41.3 Å². The lowest BCUT2D eigenvalue weighted by atomic mass is 9.94. The van der Waals surface area contributed by atoms with Crippen molar-refractivity contribution in [1.29, 1.82) is 0 Å². The van der Waals surface area contributed by atoms with Gasteiger partial charge in [0, 0.05) is 43.0 Å². The van der Waals surface area contributed by atoms with Gasteiger partial charge in [-0.2, -0.15) is 0 Å². The Kier molecular flexibility index (Phi) is 11.7. The molecule has 0 aliphatic carbocycles. The summed E-state index contributed by atoms with van der Waals surface area (Å²) in [5.41, 5.74) is 6.65. The predicted molar refractivity (Wildman–Crippen MR) is 196 cm³/mol. The first-order chi connectivity index (χ1) is 25.2. The minimum atomic E-state index is -1.33. The summed E-state index contributed by atoms with van der Waals surface area (Å²) in [6, 6.07) is 15.5. The molecule has 1 N–H and O–H groups in total. The van der Waals surface area contributed by atoms with Crippen LogP contribution in [0.25, 0.3) is 22.3 Å². The monoisotopic (exact) mass is 709 g/mol. The van der Waals surface area contributed by atoms with E-state index in [1.807, 2.05) is 56.3 Å². The maximum atomic E-state index is 13.9. The molecule has 2 unspecified atom stereocenters. The van der Waals surface area contributed by atoms with E-state index in [9.17, 15) is 19.2 Å². The van der Waals surface area contributed by atoms with Crippen LogP contribution in [0.4, 0.5) is 0 Å². The molecule has 6 rings (SSSR count). The number of unbranched alkanes of at least 4 members (excludes halogenated alkanes) is 2. The van der Waals surface area contributed by atoms with Crippen molar-refractivity contribution >= 4 is 28.7 Å². The van der Waals surface area contributed by atoms with Crippen LogP contribution in [0.3, 0.4) is 0 Å². The van der Waals surface area contributed by atoms with Gasteiger partial charge in [0.15, 0.2) is 6.79 Å². The number of carbonyl (C=O) groups is 3. The van der Waals surface area contributed by atoms with Crippen molar-refractivity contribution < 1.29 is 33.3 Å². The summed E-state index contributed by atoms with van der Waals surface area (Å²) in [6.45, 7) is 6.91. The van der Waals surface area contributed by atoms with Crippen LogP contribution in [0.2, 0.25) is 0 Å². The van der Waals surface area contributed by atoms with E-state index in [1.54, 1.807) is 17.7 Å². The van der Waals surface area contributed by atoms with Gasteiger partial charge < -0.3 is 28.8 Å². The minimum absolute atomic E-state index is 0.0296. The lowest BCUT2D eigenvalue weighted by Crippen LogP contribution is -2.34. The molecule has 274 valence electrons. The van der Waals surface area contributed by atoms with Crippen LogP contribution in [0.1, 0.15) is 98.3 Å². The Bertz CT molecular complexity index is 2020. The first-order valence-electron chi connectivity index (χ1n) is 18.2. The first kappa shape index (κ1) is 36.8. The van der Waals surface area contributed by atoms with Gasteiger partial charge in [-0.05, 0) is 67.5 Å². The number of methoxy groups -OCH3 is 1. The molecular formula is C41H47N3O8. The van der Waals surface area contributed by atoms with Crippen molar-refractivity contribution in [2.75, 3.05) is 13.9 Å². The fourth-order valence-corrected chi connectivity index (χ4v) is 7.16. The van der Waals surface area contributed by atoms with Gasteiger partial charge >= 0.3 is 11.9 Å². The van der Waals surface area contributed by atoms with E-state index in [2.05, 4.69) is 12.2 Å². The van der Waals surface area contributed by atoms with E-state index < -0.39 is 18.0 Å². The Balaban J connectivity index is 1.09. The smallest absolute Gasteiger partial charge is 0.352 e. The number of benzene rings is 2. The molecule has 2 aromatic heterocycles. The highest BCUT2D eigenvalue weighted by Gasteiger charge is 2.38. The molecular weight excluding hydrogens is 662 g/mol. The molecule has 4 heterocycles. The van der Waals surface area contributed by atoms with Gasteiger partial charge in [0.05, 0.1) is 29.0 Å². The maximum absolute atomic E-state index is 13.9. The molecule has 52 heavy (non-hydrogen) atoms. The number of amides is 1. The number of ether oxygens (including phenoxy) is 4. The van der Waals surface area contributed by atoms with E-state index in [1.165, 1.54) is 5.56 Å². The Labute approximate surface area is 303 Å². The highest BCUT2D eigenvalue weighted by molar-refractivity contribution is 5.89. The molecule has 2 aromatic carbocycles. The summed E-state index contributed by atoms with van der Waals surface area (Å²) < 4.78 is 23.6. The fraction of sp³-hybridized carbons (Fsp3) is 0.439. The average Bonchev–Trinajstić information content (AvgIpc) is 3.51. The van der Waals surface area contributed by atoms with Crippen LogP contribution in [-0.2, 0) is 54.7 Å². The third-order valence-electron chi connectivity index (χ3n) is 10.1. The topological polar surface area (TPSA) is 135 Å². The third-order valence-corrected chi connectivity index (χ3v) is 10.1. The fourth-order valence-electron chi connectivity index (χ4n) is 7.16. The number of pyridine rings is 2. The van der Waals surface area contributed by atoms with Crippen molar-refractivity contribution in [1.82, 2.24) is 14.9 Å². The third kappa shape index (κ3) is 8.04. The molecule has 2 aliphatic heterocycles. The summed E-state index contributed by atoms with van der Waals surface area (Å²) >= 11 is 0. The normalized spacial score (nSPS) is 15.0. The number of hydrogen-bond donors (Lipinski definition) is 1. The number of nitrogens with zero attached hydrogens (tertiary/aromatic N) is 2. The van der Waals surface area contributed by atoms with Crippen molar-refractivity contribution in [3.63, 3.8) is 0 Å². The van der Waals surface area contributed by atoms with Gasteiger partial charge in [-0.15, -0.1) is 0 Å². The summed E-state index contributed by atoms with van der Waals surface area (Å²) in [6.07, 6.45) is 4.05. The lowest BCUT2D eigenvalue weighted by Gasteiger charge is -2.25.